The average molecular weight is 352 g/mol. The van der Waals surface area contributed by atoms with E-state index in [4.69, 9.17) is 4.74 Å². The molecule has 1 amide bonds. The number of carbonyl (C=O) groups is 1. The topological polar surface area (TPSA) is 51.2 Å². The number of halogens is 1. The van der Waals surface area contributed by atoms with Gasteiger partial charge < -0.3 is 10.1 Å². The molecule has 0 bridgehead atoms. The lowest BCUT2D eigenvalue weighted by atomic mass is 9.94. The Kier molecular flexibility index (Phi) is 6.14. The van der Waals surface area contributed by atoms with Gasteiger partial charge in [-0.05, 0) is 61.1 Å². The van der Waals surface area contributed by atoms with Crippen molar-refractivity contribution in [2.24, 2.45) is 5.92 Å². The number of pyridine rings is 1. The standard InChI is InChI=1S/C21H21FN2O2/c22-19-13-16(8-10-20(19)26-18-7-4-12-23-15-18)9-11-21(25)24-14-17-5-2-1-3-6-17/h1-2,4,7-13,15,17H,3,5-6,14H2,(H,24,25)/b11-9+. The maximum Gasteiger partial charge on any atom is 0.244 e. The van der Waals surface area contributed by atoms with Crippen molar-refractivity contribution in [2.45, 2.75) is 19.3 Å². The Morgan fingerprint density at radius 1 is 1.35 bits per heavy atom. The van der Waals surface area contributed by atoms with E-state index in [0.717, 1.165) is 19.3 Å². The summed E-state index contributed by atoms with van der Waals surface area (Å²) in [4.78, 5) is 15.8. The fraction of sp³-hybridized carbons (Fsp3) is 0.238. The molecule has 1 unspecified atom stereocenters. The Balaban J connectivity index is 1.54. The van der Waals surface area contributed by atoms with E-state index in [2.05, 4.69) is 22.5 Å². The number of allylic oxidation sites excluding steroid dienone is 2. The number of hydrogen-bond donors (Lipinski definition) is 1. The monoisotopic (exact) mass is 352 g/mol. The van der Waals surface area contributed by atoms with Crippen LogP contribution >= 0.6 is 0 Å². The third-order valence-corrected chi connectivity index (χ3v) is 4.19. The molecule has 1 aliphatic carbocycles. The first kappa shape index (κ1) is 17.9. The molecule has 0 aliphatic heterocycles. The minimum absolute atomic E-state index is 0.116. The van der Waals surface area contributed by atoms with Gasteiger partial charge in [0.1, 0.15) is 5.75 Å². The quantitative estimate of drug-likeness (QED) is 0.615. The number of nitrogens with zero attached hydrogens (tertiary/aromatic N) is 1. The first-order valence-corrected chi connectivity index (χ1v) is 8.69. The van der Waals surface area contributed by atoms with E-state index in [0.29, 0.717) is 23.8 Å². The predicted octanol–water partition coefficient (Wildman–Crippen LogP) is 4.50. The lowest BCUT2D eigenvalue weighted by Gasteiger charge is -2.17. The van der Waals surface area contributed by atoms with Crippen molar-refractivity contribution in [3.05, 3.63) is 72.3 Å². The van der Waals surface area contributed by atoms with Crippen LogP contribution in [-0.4, -0.2) is 17.4 Å². The number of carbonyl (C=O) groups excluding carboxylic acids is 1. The number of nitrogens with one attached hydrogen (secondary N) is 1. The maximum atomic E-state index is 14.2. The minimum Gasteiger partial charge on any atom is -0.453 e. The molecule has 1 aliphatic rings. The van der Waals surface area contributed by atoms with Crippen LogP contribution in [0.1, 0.15) is 24.8 Å². The number of rotatable bonds is 6. The molecular formula is C21H21FN2O2. The molecule has 26 heavy (non-hydrogen) atoms. The van der Waals surface area contributed by atoms with Gasteiger partial charge in [0.25, 0.3) is 0 Å². The van der Waals surface area contributed by atoms with E-state index in [-0.39, 0.29) is 11.7 Å². The number of benzene rings is 1. The summed E-state index contributed by atoms with van der Waals surface area (Å²) in [6.07, 6.45) is 13.7. The molecule has 1 heterocycles. The highest BCUT2D eigenvalue weighted by molar-refractivity contribution is 5.91. The third-order valence-electron chi connectivity index (χ3n) is 4.19. The summed E-state index contributed by atoms with van der Waals surface area (Å²) in [6.45, 7) is 0.666. The Hall–Kier alpha value is -2.95. The molecule has 1 atom stereocenters. The zero-order valence-corrected chi connectivity index (χ0v) is 14.4. The molecule has 2 aromatic rings. The van der Waals surface area contributed by atoms with Crippen LogP contribution in [0, 0.1) is 11.7 Å². The van der Waals surface area contributed by atoms with Crippen molar-refractivity contribution < 1.29 is 13.9 Å². The Labute approximate surface area is 152 Å². The molecule has 1 aromatic heterocycles. The summed E-state index contributed by atoms with van der Waals surface area (Å²) in [7, 11) is 0. The van der Waals surface area contributed by atoms with E-state index in [1.165, 1.54) is 24.4 Å². The molecular weight excluding hydrogens is 331 g/mol. The van der Waals surface area contributed by atoms with Crippen molar-refractivity contribution in [1.29, 1.82) is 0 Å². The van der Waals surface area contributed by atoms with Crippen molar-refractivity contribution in [2.75, 3.05) is 6.54 Å². The van der Waals surface area contributed by atoms with Gasteiger partial charge in [-0.1, -0.05) is 18.2 Å². The van der Waals surface area contributed by atoms with Gasteiger partial charge in [0.2, 0.25) is 5.91 Å². The number of aromatic nitrogens is 1. The highest BCUT2D eigenvalue weighted by Crippen LogP contribution is 2.24. The Morgan fingerprint density at radius 2 is 2.27 bits per heavy atom. The zero-order chi connectivity index (χ0) is 18.2. The second kappa shape index (κ2) is 8.94. The SMILES string of the molecule is O=C(/C=C/c1ccc(Oc2cccnc2)c(F)c1)NCC1CC=CCC1. The largest absolute Gasteiger partial charge is 0.453 e. The van der Waals surface area contributed by atoms with E-state index in [1.54, 1.807) is 30.5 Å². The predicted molar refractivity (Wildman–Crippen MR) is 99.2 cm³/mol. The molecule has 1 N–H and O–H groups in total. The van der Waals surface area contributed by atoms with Crippen LogP contribution in [0.3, 0.4) is 0 Å². The van der Waals surface area contributed by atoms with Crippen molar-refractivity contribution >= 4 is 12.0 Å². The maximum absolute atomic E-state index is 14.2. The molecule has 134 valence electrons. The smallest absolute Gasteiger partial charge is 0.244 e. The lowest BCUT2D eigenvalue weighted by molar-refractivity contribution is -0.116. The van der Waals surface area contributed by atoms with Crippen molar-refractivity contribution in [1.82, 2.24) is 10.3 Å². The van der Waals surface area contributed by atoms with Crippen LogP contribution in [0.4, 0.5) is 4.39 Å². The van der Waals surface area contributed by atoms with Crippen LogP contribution in [0.15, 0.2) is 61.0 Å². The fourth-order valence-electron chi connectivity index (χ4n) is 2.76. The summed E-state index contributed by atoms with van der Waals surface area (Å²) in [5.74, 6) is 0.413. The van der Waals surface area contributed by atoms with E-state index < -0.39 is 5.82 Å². The molecule has 3 rings (SSSR count). The second-order valence-corrected chi connectivity index (χ2v) is 6.21. The molecule has 0 radical (unpaired) electrons. The summed E-state index contributed by atoms with van der Waals surface area (Å²) in [5.41, 5.74) is 0.594. The molecule has 0 saturated heterocycles. The highest BCUT2D eigenvalue weighted by atomic mass is 19.1. The Morgan fingerprint density at radius 3 is 3.00 bits per heavy atom. The van der Waals surface area contributed by atoms with Gasteiger partial charge in [-0.3, -0.25) is 9.78 Å². The summed E-state index contributed by atoms with van der Waals surface area (Å²) in [5, 5.41) is 2.90. The molecule has 1 aromatic carbocycles. The molecule has 4 nitrogen and oxygen atoms in total. The molecule has 0 fully saturated rings. The van der Waals surface area contributed by atoms with Crippen LogP contribution in [-0.2, 0) is 4.79 Å². The average Bonchev–Trinajstić information content (AvgIpc) is 2.68. The minimum atomic E-state index is -0.495. The van der Waals surface area contributed by atoms with Crippen LogP contribution in [0.5, 0.6) is 11.5 Å². The van der Waals surface area contributed by atoms with Crippen LogP contribution in [0.2, 0.25) is 0 Å². The third kappa shape index (κ3) is 5.28. The van der Waals surface area contributed by atoms with E-state index in [1.807, 2.05) is 0 Å². The van der Waals surface area contributed by atoms with Gasteiger partial charge in [0, 0.05) is 18.8 Å². The van der Waals surface area contributed by atoms with Crippen LogP contribution in [0.25, 0.3) is 6.08 Å². The van der Waals surface area contributed by atoms with Gasteiger partial charge in [-0.15, -0.1) is 0 Å². The van der Waals surface area contributed by atoms with Gasteiger partial charge in [-0.2, -0.15) is 0 Å². The highest BCUT2D eigenvalue weighted by Gasteiger charge is 2.10. The van der Waals surface area contributed by atoms with E-state index in [9.17, 15) is 9.18 Å². The van der Waals surface area contributed by atoms with Gasteiger partial charge >= 0.3 is 0 Å². The van der Waals surface area contributed by atoms with E-state index >= 15 is 0 Å². The van der Waals surface area contributed by atoms with Gasteiger partial charge in [-0.25, -0.2) is 4.39 Å². The molecule has 0 spiro atoms. The Bertz CT molecular complexity index is 803. The molecule has 5 heteroatoms. The summed E-state index contributed by atoms with van der Waals surface area (Å²) >= 11 is 0. The fourth-order valence-corrected chi connectivity index (χ4v) is 2.76. The van der Waals surface area contributed by atoms with Gasteiger partial charge in [0.05, 0.1) is 6.20 Å². The lowest BCUT2D eigenvalue weighted by Crippen LogP contribution is -2.28. The van der Waals surface area contributed by atoms with Gasteiger partial charge in [0.15, 0.2) is 11.6 Å². The molecule has 0 saturated carbocycles. The second-order valence-electron chi connectivity index (χ2n) is 6.21. The number of ether oxygens (including phenoxy) is 1. The first-order chi connectivity index (χ1) is 12.7. The number of hydrogen-bond acceptors (Lipinski definition) is 3. The summed E-state index contributed by atoms with van der Waals surface area (Å²) in [6, 6.07) is 7.99. The van der Waals surface area contributed by atoms with Crippen molar-refractivity contribution in [3.63, 3.8) is 0 Å². The number of amides is 1. The first-order valence-electron chi connectivity index (χ1n) is 8.69. The van der Waals surface area contributed by atoms with Crippen molar-refractivity contribution in [3.8, 4) is 11.5 Å². The van der Waals surface area contributed by atoms with Crippen LogP contribution < -0.4 is 10.1 Å². The normalized spacial score (nSPS) is 16.6. The zero-order valence-electron chi connectivity index (χ0n) is 14.4. The summed E-state index contributed by atoms with van der Waals surface area (Å²) < 4.78 is 19.6.